The maximum Gasteiger partial charge on any atom is 0.327 e. The van der Waals surface area contributed by atoms with E-state index in [1.54, 1.807) is 24.0 Å². The van der Waals surface area contributed by atoms with Crippen LogP contribution in [0.5, 0.6) is 0 Å². The highest BCUT2D eigenvalue weighted by Crippen LogP contribution is 2.29. The molecule has 0 N–H and O–H groups in total. The van der Waals surface area contributed by atoms with Crippen molar-refractivity contribution in [2.75, 3.05) is 19.4 Å². The highest BCUT2D eigenvalue weighted by Gasteiger charge is 2.45. The molecule has 1 atom stereocenters. The summed E-state index contributed by atoms with van der Waals surface area (Å²) in [4.78, 5) is 26.1. The Bertz CT molecular complexity index is 777. The average molecular weight is 418 g/mol. The normalized spacial score (nSPS) is 16.7. The van der Waals surface area contributed by atoms with E-state index in [0.29, 0.717) is 12.1 Å². The van der Waals surface area contributed by atoms with Crippen molar-refractivity contribution in [3.8, 4) is 0 Å². The molecular formula is C16H20BrNO5S. The maximum absolute atomic E-state index is 12.4. The third-order valence-electron chi connectivity index (χ3n) is 4.33. The summed E-state index contributed by atoms with van der Waals surface area (Å²) in [6.07, 6.45) is 1.01. The zero-order valence-corrected chi connectivity index (χ0v) is 16.2. The second kappa shape index (κ2) is 6.84. The molecule has 0 fully saturated rings. The standard InChI is InChI=1S/C16H20BrNO5S/c1-4-23-15(20)16(2,24(3,21)22)7-8-18-10-11-9-12(17)5-6-13(11)14(18)19/h5-6,9H,4,7-8,10H2,1-3H3/t16-/m1/s1. The van der Waals surface area contributed by atoms with Crippen molar-refractivity contribution >= 4 is 37.6 Å². The monoisotopic (exact) mass is 417 g/mol. The van der Waals surface area contributed by atoms with Crippen LogP contribution in [0, 0.1) is 0 Å². The Hall–Kier alpha value is -1.41. The summed E-state index contributed by atoms with van der Waals surface area (Å²) in [5.41, 5.74) is 1.49. The predicted octanol–water partition coefficient (Wildman–Crippen LogP) is 2.16. The summed E-state index contributed by atoms with van der Waals surface area (Å²) in [7, 11) is -3.69. The SMILES string of the molecule is CCOC(=O)[C@@](C)(CCN1Cc2cc(Br)ccc2C1=O)S(C)(=O)=O. The molecule has 6 nitrogen and oxygen atoms in total. The first-order chi connectivity index (χ1) is 11.1. The van der Waals surface area contributed by atoms with Gasteiger partial charge in [0, 0.05) is 29.4 Å². The summed E-state index contributed by atoms with van der Waals surface area (Å²) in [5, 5.41) is 0. The molecule has 0 saturated heterocycles. The molecule has 1 heterocycles. The van der Waals surface area contributed by atoms with Gasteiger partial charge in [-0.05, 0) is 44.0 Å². The molecular weight excluding hydrogens is 398 g/mol. The first kappa shape index (κ1) is 18.9. The molecule has 1 amide bonds. The van der Waals surface area contributed by atoms with Crippen LogP contribution in [0.4, 0.5) is 0 Å². The maximum atomic E-state index is 12.4. The Morgan fingerprint density at radius 2 is 2.08 bits per heavy atom. The van der Waals surface area contributed by atoms with Gasteiger partial charge in [0.15, 0.2) is 14.6 Å². The highest BCUT2D eigenvalue weighted by molar-refractivity contribution is 9.10. The van der Waals surface area contributed by atoms with Crippen molar-refractivity contribution in [1.82, 2.24) is 4.90 Å². The molecule has 2 rings (SSSR count). The lowest BCUT2D eigenvalue weighted by Gasteiger charge is -2.27. The summed E-state index contributed by atoms with van der Waals surface area (Å²) in [5.74, 6) is -0.934. The molecule has 8 heteroatoms. The minimum atomic E-state index is -3.69. The number of esters is 1. The van der Waals surface area contributed by atoms with E-state index in [4.69, 9.17) is 4.74 Å². The van der Waals surface area contributed by atoms with Gasteiger partial charge in [0.05, 0.1) is 6.61 Å². The van der Waals surface area contributed by atoms with E-state index in [-0.39, 0.29) is 25.5 Å². The van der Waals surface area contributed by atoms with Crippen molar-refractivity contribution in [3.05, 3.63) is 33.8 Å². The van der Waals surface area contributed by atoms with Gasteiger partial charge in [0.1, 0.15) is 0 Å². The van der Waals surface area contributed by atoms with Crippen LogP contribution in [0.2, 0.25) is 0 Å². The first-order valence-electron chi connectivity index (χ1n) is 7.54. The summed E-state index contributed by atoms with van der Waals surface area (Å²) < 4.78 is 28.4. The summed E-state index contributed by atoms with van der Waals surface area (Å²) in [6, 6.07) is 5.40. The quantitative estimate of drug-likeness (QED) is 0.662. The lowest BCUT2D eigenvalue weighted by molar-refractivity contribution is -0.146. The van der Waals surface area contributed by atoms with Gasteiger partial charge in [0.2, 0.25) is 0 Å². The topological polar surface area (TPSA) is 80.8 Å². The van der Waals surface area contributed by atoms with Crippen LogP contribution in [0.1, 0.15) is 36.2 Å². The smallest absolute Gasteiger partial charge is 0.327 e. The molecule has 24 heavy (non-hydrogen) atoms. The molecule has 0 unspecified atom stereocenters. The Morgan fingerprint density at radius 3 is 2.67 bits per heavy atom. The number of ether oxygens (including phenoxy) is 1. The summed E-state index contributed by atoms with van der Waals surface area (Å²) >= 11 is 3.37. The number of hydrogen-bond donors (Lipinski definition) is 0. The van der Waals surface area contributed by atoms with E-state index in [2.05, 4.69) is 15.9 Å². The van der Waals surface area contributed by atoms with Crippen LogP contribution in [-0.2, 0) is 25.9 Å². The molecule has 1 aliphatic heterocycles. The van der Waals surface area contributed by atoms with Crippen LogP contribution in [-0.4, -0.2) is 49.3 Å². The van der Waals surface area contributed by atoms with Gasteiger partial charge in [-0.25, -0.2) is 8.42 Å². The van der Waals surface area contributed by atoms with Crippen molar-refractivity contribution in [2.24, 2.45) is 0 Å². The van der Waals surface area contributed by atoms with Gasteiger partial charge < -0.3 is 9.64 Å². The number of halogens is 1. The van der Waals surface area contributed by atoms with E-state index >= 15 is 0 Å². The van der Waals surface area contributed by atoms with E-state index in [0.717, 1.165) is 16.3 Å². The van der Waals surface area contributed by atoms with Crippen molar-refractivity contribution in [2.45, 2.75) is 31.6 Å². The number of nitrogens with zero attached hydrogens (tertiary/aromatic N) is 1. The second-order valence-electron chi connectivity index (χ2n) is 6.00. The predicted molar refractivity (Wildman–Crippen MR) is 93.4 cm³/mol. The highest BCUT2D eigenvalue weighted by atomic mass is 79.9. The molecule has 0 saturated carbocycles. The number of fused-ring (bicyclic) bond motifs is 1. The molecule has 132 valence electrons. The van der Waals surface area contributed by atoms with Crippen LogP contribution in [0.15, 0.2) is 22.7 Å². The lowest BCUT2D eigenvalue weighted by Crippen LogP contribution is -2.47. The fourth-order valence-electron chi connectivity index (χ4n) is 2.60. The zero-order valence-electron chi connectivity index (χ0n) is 13.8. The Morgan fingerprint density at radius 1 is 1.42 bits per heavy atom. The second-order valence-corrected chi connectivity index (χ2v) is 9.36. The third-order valence-corrected chi connectivity index (χ3v) is 6.83. The number of rotatable bonds is 6. The Balaban J connectivity index is 2.17. The zero-order chi connectivity index (χ0) is 18.1. The van der Waals surface area contributed by atoms with Gasteiger partial charge in [-0.15, -0.1) is 0 Å². The van der Waals surface area contributed by atoms with Crippen LogP contribution in [0.3, 0.4) is 0 Å². The fourth-order valence-corrected chi connectivity index (χ4v) is 3.83. The number of hydrogen-bond acceptors (Lipinski definition) is 5. The van der Waals surface area contributed by atoms with Gasteiger partial charge in [-0.2, -0.15) is 0 Å². The molecule has 1 aliphatic rings. The number of benzene rings is 1. The van der Waals surface area contributed by atoms with E-state index in [1.165, 1.54) is 6.92 Å². The van der Waals surface area contributed by atoms with Gasteiger partial charge in [-0.3, -0.25) is 9.59 Å². The van der Waals surface area contributed by atoms with Crippen molar-refractivity contribution < 1.29 is 22.7 Å². The molecule has 0 radical (unpaired) electrons. The molecule has 1 aromatic carbocycles. The number of carbonyl (C=O) groups is 2. The Kier molecular flexibility index (Phi) is 5.39. The Labute approximate surface area is 150 Å². The van der Waals surface area contributed by atoms with Crippen LogP contribution >= 0.6 is 15.9 Å². The van der Waals surface area contributed by atoms with Crippen LogP contribution < -0.4 is 0 Å². The van der Waals surface area contributed by atoms with Gasteiger partial charge in [0.25, 0.3) is 5.91 Å². The molecule has 1 aromatic rings. The largest absolute Gasteiger partial charge is 0.465 e. The summed E-state index contributed by atoms with van der Waals surface area (Å²) in [6.45, 7) is 3.64. The van der Waals surface area contributed by atoms with Crippen LogP contribution in [0.25, 0.3) is 0 Å². The minimum absolute atomic E-state index is 0.00837. The fraction of sp³-hybridized carbons (Fsp3) is 0.500. The molecule has 0 aliphatic carbocycles. The molecule has 0 spiro atoms. The number of amides is 1. The molecule has 0 aromatic heterocycles. The van der Waals surface area contributed by atoms with Crippen molar-refractivity contribution in [3.63, 3.8) is 0 Å². The first-order valence-corrected chi connectivity index (χ1v) is 10.2. The van der Waals surface area contributed by atoms with Gasteiger partial charge in [-0.1, -0.05) is 15.9 Å². The molecule has 0 bridgehead atoms. The van der Waals surface area contributed by atoms with E-state index in [9.17, 15) is 18.0 Å². The average Bonchev–Trinajstić information content (AvgIpc) is 2.79. The van der Waals surface area contributed by atoms with E-state index in [1.807, 2.05) is 6.07 Å². The number of sulfone groups is 1. The lowest BCUT2D eigenvalue weighted by atomic mass is 10.1. The third kappa shape index (κ3) is 3.49. The minimum Gasteiger partial charge on any atom is -0.465 e. The number of carbonyl (C=O) groups excluding carboxylic acids is 2. The van der Waals surface area contributed by atoms with Gasteiger partial charge >= 0.3 is 5.97 Å². The van der Waals surface area contributed by atoms with E-state index < -0.39 is 20.6 Å². The van der Waals surface area contributed by atoms with Crippen molar-refractivity contribution in [1.29, 1.82) is 0 Å².